The summed E-state index contributed by atoms with van der Waals surface area (Å²) in [5, 5.41) is 7.71. The molecular weight excluding hydrogens is 633 g/mol. The minimum Gasteiger partial charge on any atom is -0.324 e. The van der Waals surface area contributed by atoms with Crippen LogP contribution in [0.15, 0.2) is 76.5 Å². The molecule has 0 spiro atoms. The summed E-state index contributed by atoms with van der Waals surface area (Å²) in [6, 6.07) is 17.1. The average Bonchev–Trinajstić information content (AvgIpc) is 2.88. The second-order valence-corrected chi connectivity index (χ2v) is 13.7. The van der Waals surface area contributed by atoms with E-state index in [0.29, 0.717) is 11.3 Å². The van der Waals surface area contributed by atoms with Crippen LogP contribution in [0, 0.1) is 0 Å². The molecule has 14 heteroatoms. The van der Waals surface area contributed by atoms with Crippen LogP contribution in [0.4, 0.5) is 10.5 Å². The van der Waals surface area contributed by atoms with E-state index in [9.17, 15) is 21.6 Å². The first-order valence-electron chi connectivity index (χ1n) is 13.1. The molecule has 3 rings (SSSR count). The van der Waals surface area contributed by atoms with E-state index in [1.807, 2.05) is 45.9 Å². The van der Waals surface area contributed by atoms with Crippen molar-refractivity contribution in [2.75, 3.05) is 5.32 Å². The number of nitrogens with two attached hydrogens (primary N) is 3. The van der Waals surface area contributed by atoms with Crippen molar-refractivity contribution in [1.82, 2.24) is 4.72 Å². The number of benzene rings is 3. The molecular formula is C29H43Cl2N5O5S2. The first-order chi connectivity index (χ1) is 18.9. The summed E-state index contributed by atoms with van der Waals surface area (Å²) in [7, 11) is -7.63. The second-order valence-electron chi connectivity index (χ2n) is 10.4. The van der Waals surface area contributed by atoms with Crippen LogP contribution in [0.1, 0.15) is 87.7 Å². The smallest absolute Gasteiger partial charge is 0.324 e. The molecule has 2 amide bonds. The lowest BCUT2D eigenvalue weighted by molar-refractivity contribution is 0.256. The lowest BCUT2D eigenvalue weighted by Crippen LogP contribution is -2.35. The third-order valence-electron chi connectivity index (χ3n) is 6.25. The molecule has 43 heavy (non-hydrogen) atoms. The summed E-state index contributed by atoms with van der Waals surface area (Å²) >= 11 is 0. The number of rotatable bonds is 8. The molecule has 3 aromatic carbocycles. The number of sulfonamides is 2. The SMILES string of the molecule is CC(C)c1cccc(C(C)C)c1NC(=O)NS(=O)(=O)c1cccc(C(C)N)c1.CC(N)c1cccc(S(N)(=O)=O)c1.Cl.Cl. The zero-order valence-electron chi connectivity index (χ0n) is 25.1. The quantitative estimate of drug-likeness (QED) is 0.204. The van der Waals surface area contributed by atoms with Crippen LogP contribution in [0.2, 0.25) is 0 Å². The number of urea groups is 1. The van der Waals surface area contributed by atoms with E-state index in [1.165, 1.54) is 24.3 Å². The number of nitrogens with one attached hydrogen (secondary N) is 2. The monoisotopic (exact) mass is 675 g/mol. The minimum absolute atomic E-state index is 0. The largest absolute Gasteiger partial charge is 0.333 e. The van der Waals surface area contributed by atoms with Gasteiger partial charge in [0.2, 0.25) is 10.0 Å². The average molecular weight is 677 g/mol. The Morgan fingerprint density at radius 2 is 1.07 bits per heavy atom. The Morgan fingerprint density at radius 3 is 1.47 bits per heavy atom. The number of hydrogen-bond donors (Lipinski definition) is 5. The summed E-state index contributed by atoms with van der Waals surface area (Å²) in [5.41, 5.74) is 15.4. The predicted molar refractivity (Wildman–Crippen MR) is 178 cm³/mol. The molecule has 0 aliphatic carbocycles. The number of anilines is 1. The van der Waals surface area contributed by atoms with Gasteiger partial charge in [-0.05, 0) is 72.2 Å². The summed E-state index contributed by atoms with van der Waals surface area (Å²) in [6.45, 7) is 11.7. The third-order valence-corrected chi connectivity index (χ3v) is 8.48. The van der Waals surface area contributed by atoms with Crippen LogP contribution in [-0.2, 0) is 20.0 Å². The topological polar surface area (TPSA) is 187 Å². The van der Waals surface area contributed by atoms with Crippen LogP contribution < -0.4 is 26.6 Å². The van der Waals surface area contributed by atoms with Crippen molar-refractivity contribution in [2.24, 2.45) is 16.6 Å². The van der Waals surface area contributed by atoms with E-state index < -0.39 is 26.1 Å². The Bertz CT molecular complexity index is 1550. The van der Waals surface area contributed by atoms with E-state index in [0.717, 1.165) is 16.7 Å². The maximum absolute atomic E-state index is 12.6. The van der Waals surface area contributed by atoms with Crippen molar-refractivity contribution in [1.29, 1.82) is 0 Å². The molecule has 0 saturated carbocycles. The summed E-state index contributed by atoms with van der Waals surface area (Å²) in [6.07, 6.45) is 0. The van der Waals surface area contributed by atoms with Crippen molar-refractivity contribution in [3.63, 3.8) is 0 Å². The molecule has 0 fully saturated rings. The van der Waals surface area contributed by atoms with Crippen molar-refractivity contribution < 1.29 is 21.6 Å². The maximum atomic E-state index is 12.6. The van der Waals surface area contributed by atoms with E-state index in [4.69, 9.17) is 16.6 Å². The van der Waals surface area contributed by atoms with Crippen molar-refractivity contribution in [3.8, 4) is 0 Å². The Morgan fingerprint density at radius 1 is 0.674 bits per heavy atom. The molecule has 0 aromatic heterocycles. The lowest BCUT2D eigenvalue weighted by atomic mass is 9.93. The summed E-state index contributed by atoms with van der Waals surface area (Å²) in [5.74, 6) is 0.349. The fourth-order valence-electron chi connectivity index (χ4n) is 3.96. The zero-order valence-corrected chi connectivity index (χ0v) is 28.3. The molecule has 240 valence electrons. The standard InChI is InChI=1S/C21H29N3O3S.C8H12N2O2S.2ClH/c1-13(2)18-10-7-11-19(14(3)4)20(18)23-21(25)24-28(26,27)17-9-6-8-16(12-17)15(5)22;1-6(9)7-3-2-4-8(5-7)13(10,11)12;;/h6-15H,22H2,1-5H3,(H2,23,24,25);2-6H,9H2,1H3,(H2,10,11,12);2*1H. The molecule has 0 aliphatic rings. The maximum Gasteiger partial charge on any atom is 0.333 e. The number of hydrogen-bond acceptors (Lipinski definition) is 7. The highest BCUT2D eigenvalue weighted by molar-refractivity contribution is 7.90. The van der Waals surface area contributed by atoms with Gasteiger partial charge in [0.05, 0.1) is 9.79 Å². The Labute approximate surface area is 268 Å². The number of halogens is 2. The van der Waals surface area contributed by atoms with Gasteiger partial charge in [-0.3, -0.25) is 0 Å². The molecule has 2 unspecified atom stereocenters. The van der Waals surface area contributed by atoms with E-state index >= 15 is 0 Å². The van der Waals surface area contributed by atoms with Crippen LogP contribution in [-0.4, -0.2) is 22.9 Å². The molecule has 10 nitrogen and oxygen atoms in total. The summed E-state index contributed by atoms with van der Waals surface area (Å²) in [4.78, 5) is 12.6. The molecule has 0 saturated heterocycles. The van der Waals surface area contributed by atoms with Gasteiger partial charge in [-0.2, -0.15) is 0 Å². The Balaban J connectivity index is 0.000000994. The van der Waals surface area contributed by atoms with Gasteiger partial charge in [-0.25, -0.2) is 31.5 Å². The Hall–Kier alpha value is -2.71. The van der Waals surface area contributed by atoms with E-state index in [-0.39, 0.29) is 58.5 Å². The fourth-order valence-corrected chi connectivity index (χ4v) is 5.49. The number of para-hydroxylation sites is 1. The molecule has 0 heterocycles. The van der Waals surface area contributed by atoms with Crippen molar-refractivity contribution in [2.45, 2.75) is 75.3 Å². The number of amides is 2. The molecule has 0 radical (unpaired) electrons. The van der Waals surface area contributed by atoms with Gasteiger partial charge in [0.15, 0.2) is 0 Å². The zero-order chi connectivity index (χ0) is 31.1. The van der Waals surface area contributed by atoms with Crippen molar-refractivity contribution in [3.05, 3.63) is 89.0 Å². The first kappa shape index (κ1) is 40.3. The van der Waals surface area contributed by atoms with Gasteiger partial charge in [-0.15, -0.1) is 24.8 Å². The van der Waals surface area contributed by atoms with Gasteiger partial charge >= 0.3 is 6.03 Å². The van der Waals surface area contributed by atoms with Crippen LogP contribution in [0.3, 0.4) is 0 Å². The molecule has 0 bridgehead atoms. The van der Waals surface area contributed by atoms with Gasteiger partial charge in [0.25, 0.3) is 10.0 Å². The van der Waals surface area contributed by atoms with Gasteiger partial charge in [0.1, 0.15) is 0 Å². The van der Waals surface area contributed by atoms with E-state index in [2.05, 4.69) is 10.0 Å². The Kier molecular flexibility index (Phi) is 15.9. The first-order valence-corrected chi connectivity index (χ1v) is 16.2. The minimum atomic E-state index is -4.02. The molecule has 3 aromatic rings. The lowest BCUT2D eigenvalue weighted by Gasteiger charge is -2.20. The molecule has 2 atom stereocenters. The van der Waals surface area contributed by atoms with Crippen LogP contribution >= 0.6 is 24.8 Å². The normalized spacial score (nSPS) is 12.6. The fraction of sp³-hybridized carbons (Fsp3) is 0.345. The molecule has 0 aliphatic heterocycles. The number of primary sulfonamides is 1. The molecule has 8 N–H and O–H groups in total. The number of carbonyl (C=O) groups excluding carboxylic acids is 1. The predicted octanol–water partition coefficient (Wildman–Crippen LogP) is 5.66. The van der Waals surface area contributed by atoms with Crippen molar-refractivity contribution >= 4 is 56.6 Å². The van der Waals surface area contributed by atoms with Gasteiger partial charge < -0.3 is 16.8 Å². The summed E-state index contributed by atoms with van der Waals surface area (Å²) < 4.78 is 49.3. The highest BCUT2D eigenvalue weighted by atomic mass is 35.5. The highest BCUT2D eigenvalue weighted by Gasteiger charge is 2.21. The van der Waals surface area contributed by atoms with Gasteiger partial charge in [0, 0.05) is 17.8 Å². The number of carbonyl (C=O) groups is 1. The van der Waals surface area contributed by atoms with Crippen LogP contribution in [0.5, 0.6) is 0 Å². The second kappa shape index (κ2) is 17.0. The highest BCUT2D eigenvalue weighted by Crippen LogP contribution is 2.32. The van der Waals surface area contributed by atoms with Crippen LogP contribution in [0.25, 0.3) is 0 Å². The van der Waals surface area contributed by atoms with E-state index in [1.54, 1.807) is 38.1 Å². The third kappa shape index (κ3) is 11.7. The van der Waals surface area contributed by atoms with Gasteiger partial charge in [-0.1, -0.05) is 70.2 Å².